The van der Waals surface area contributed by atoms with Crippen molar-refractivity contribution in [1.82, 2.24) is 10.4 Å². The second-order valence-corrected chi connectivity index (χ2v) is 6.63. The lowest BCUT2D eigenvalue weighted by Gasteiger charge is -2.29. The summed E-state index contributed by atoms with van der Waals surface area (Å²) in [5.41, 5.74) is 2.35. The van der Waals surface area contributed by atoms with Gasteiger partial charge in [0.1, 0.15) is 11.8 Å². The van der Waals surface area contributed by atoms with Gasteiger partial charge in [-0.15, -0.1) is 0 Å². The van der Waals surface area contributed by atoms with Gasteiger partial charge in [-0.25, -0.2) is 5.01 Å². The van der Waals surface area contributed by atoms with Crippen LogP contribution in [0.5, 0.6) is 5.75 Å². The highest BCUT2D eigenvalue weighted by molar-refractivity contribution is 5.83. The van der Waals surface area contributed by atoms with Crippen molar-refractivity contribution in [2.75, 3.05) is 13.2 Å². The highest BCUT2D eigenvalue weighted by atomic mass is 19.4. The molecule has 1 aliphatic rings. The van der Waals surface area contributed by atoms with Crippen molar-refractivity contribution in [2.45, 2.75) is 45.8 Å². The van der Waals surface area contributed by atoms with Crippen LogP contribution in [-0.2, 0) is 11.2 Å². The van der Waals surface area contributed by atoms with Gasteiger partial charge in [-0.2, -0.15) is 13.2 Å². The van der Waals surface area contributed by atoms with E-state index in [0.717, 1.165) is 10.6 Å². The summed E-state index contributed by atoms with van der Waals surface area (Å²) in [6, 6.07) is 5.34. The molecule has 0 bridgehead atoms. The maximum Gasteiger partial charge on any atom is 0.405 e. The number of hydrogen-bond donors (Lipinski definition) is 1. The Bertz CT molecular complexity index is 570. The molecule has 1 fully saturated rings. The van der Waals surface area contributed by atoms with Gasteiger partial charge in [-0.1, -0.05) is 12.1 Å². The molecule has 1 aliphatic heterocycles. The number of carbonyl (C=O) groups is 1. The quantitative estimate of drug-likeness (QED) is 0.861. The normalized spacial score (nSPS) is 19.2. The molecule has 1 atom stereocenters. The van der Waals surface area contributed by atoms with Gasteiger partial charge < -0.3 is 4.74 Å². The lowest BCUT2D eigenvalue weighted by atomic mass is 9.94. The number of aryl methyl sites for hydroxylation is 1. The summed E-state index contributed by atoms with van der Waals surface area (Å²) in [5.74, 6) is 0.319. The lowest BCUT2D eigenvalue weighted by Crippen LogP contribution is -2.50. The predicted molar refractivity (Wildman–Crippen MR) is 84.4 cm³/mol. The van der Waals surface area contributed by atoms with Crippen LogP contribution in [0.1, 0.15) is 32.8 Å². The van der Waals surface area contributed by atoms with E-state index in [4.69, 9.17) is 4.74 Å². The molecule has 1 amide bonds. The van der Waals surface area contributed by atoms with Crippen LogP contribution >= 0.6 is 0 Å². The smallest absolute Gasteiger partial charge is 0.405 e. The minimum absolute atomic E-state index is 0.0410. The van der Waals surface area contributed by atoms with Gasteiger partial charge in [-0.05, 0) is 51.3 Å². The Morgan fingerprint density at radius 3 is 2.38 bits per heavy atom. The number of rotatable bonds is 6. The number of amides is 1. The molecule has 1 N–H and O–H groups in total. The van der Waals surface area contributed by atoms with Gasteiger partial charge in [0.2, 0.25) is 5.91 Å². The summed E-state index contributed by atoms with van der Waals surface area (Å²) in [5, 5.41) is 1.02. The Kier molecular flexibility index (Phi) is 5.42. The Balaban J connectivity index is 2.04. The number of ether oxygens (including phenoxy) is 1. The summed E-state index contributed by atoms with van der Waals surface area (Å²) in [6.45, 7) is 5.73. The van der Waals surface area contributed by atoms with Gasteiger partial charge >= 0.3 is 6.18 Å². The van der Waals surface area contributed by atoms with E-state index in [2.05, 4.69) is 5.43 Å². The first-order chi connectivity index (χ1) is 11.1. The molecule has 7 heteroatoms. The Morgan fingerprint density at radius 2 is 1.92 bits per heavy atom. The first-order valence-electron chi connectivity index (χ1n) is 7.99. The zero-order valence-electron chi connectivity index (χ0n) is 14.1. The second-order valence-electron chi connectivity index (χ2n) is 6.63. The van der Waals surface area contributed by atoms with Crippen LogP contribution in [0.15, 0.2) is 24.3 Å². The van der Waals surface area contributed by atoms with Crippen LogP contribution in [0.3, 0.4) is 0 Å². The minimum Gasteiger partial charge on any atom is -0.494 e. The summed E-state index contributed by atoms with van der Waals surface area (Å²) in [4.78, 5) is 11.8. The zero-order chi connectivity index (χ0) is 18.0. The molecule has 1 saturated heterocycles. The highest BCUT2D eigenvalue weighted by Gasteiger charge is 2.49. The maximum absolute atomic E-state index is 13.4. The molecule has 1 heterocycles. The Hall–Kier alpha value is -1.76. The van der Waals surface area contributed by atoms with Crippen molar-refractivity contribution in [2.24, 2.45) is 5.41 Å². The predicted octanol–water partition coefficient (Wildman–Crippen LogP) is 3.32. The fraction of sp³-hybridized carbons (Fsp3) is 0.588. The molecule has 1 aromatic rings. The van der Waals surface area contributed by atoms with Crippen LogP contribution in [0.4, 0.5) is 13.2 Å². The molecule has 0 saturated carbocycles. The van der Waals surface area contributed by atoms with E-state index in [1.165, 1.54) is 0 Å². The van der Waals surface area contributed by atoms with Crippen LogP contribution in [0, 0.1) is 5.41 Å². The molecule has 0 spiro atoms. The van der Waals surface area contributed by atoms with E-state index in [-0.39, 0.29) is 25.3 Å². The average Bonchev–Trinajstić information content (AvgIpc) is 2.73. The summed E-state index contributed by atoms with van der Waals surface area (Å²) < 4.78 is 45.5. The van der Waals surface area contributed by atoms with E-state index in [0.29, 0.717) is 12.4 Å². The van der Waals surface area contributed by atoms with E-state index in [9.17, 15) is 18.0 Å². The molecule has 0 aliphatic carbocycles. The van der Waals surface area contributed by atoms with Crippen molar-refractivity contribution in [3.8, 4) is 5.75 Å². The van der Waals surface area contributed by atoms with Gasteiger partial charge in [0, 0.05) is 6.54 Å². The van der Waals surface area contributed by atoms with Crippen molar-refractivity contribution >= 4 is 5.91 Å². The monoisotopic (exact) mass is 344 g/mol. The summed E-state index contributed by atoms with van der Waals surface area (Å²) in [7, 11) is 0. The number of nitrogens with one attached hydrogen (secondary N) is 1. The van der Waals surface area contributed by atoms with Gasteiger partial charge in [0.05, 0.1) is 12.0 Å². The van der Waals surface area contributed by atoms with Gasteiger partial charge in [0.15, 0.2) is 0 Å². The minimum atomic E-state index is -4.40. The van der Waals surface area contributed by atoms with E-state index < -0.39 is 17.6 Å². The van der Waals surface area contributed by atoms with Gasteiger partial charge in [0.25, 0.3) is 0 Å². The topological polar surface area (TPSA) is 41.6 Å². The lowest BCUT2D eigenvalue weighted by molar-refractivity contribution is -0.190. The summed E-state index contributed by atoms with van der Waals surface area (Å²) >= 11 is 0. The van der Waals surface area contributed by atoms with E-state index >= 15 is 0 Å². The highest BCUT2D eigenvalue weighted by Crippen LogP contribution is 2.33. The average molecular weight is 344 g/mol. The fourth-order valence-corrected chi connectivity index (χ4v) is 2.73. The number of benzene rings is 1. The third-order valence-electron chi connectivity index (χ3n) is 4.12. The molecule has 0 aromatic heterocycles. The summed E-state index contributed by atoms with van der Waals surface area (Å²) in [6.07, 6.45) is -4.25. The molecule has 0 unspecified atom stereocenters. The number of nitrogens with zero attached hydrogens (tertiary/aromatic N) is 1. The van der Waals surface area contributed by atoms with Crippen molar-refractivity contribution < 1.29 is 22.7 Å². The molecule has 24 heavy (non-hydrogen) atoms. The van der Waals surface area contributed by atoms with Crippen LogP contribution in [-0.4, -0.2) is 36.3 Å². The van der Waals surface area contributed by atoms with E-state index in [1.54, 1.807) is 38.1 Å². The van der Waals surface area contributed by atoms with Crippen molar-refractivity contribution in [3.05, 3.63) is 29.8 Å². The number of carbonyl (C=O) groups excluding carboxylic acids is 1. The second kappa shape index (κ2) is 7.01. The molecule has 1 aromatic carbocycles. The molecule has 2 rings (SSSR count). The third-order valence-corrected chi connectivity index (χ3v) is 4.12. The van der Waals surface area contributed by atoms with Crippen LogP contribution < -0.4 is 10.2 Å². The van der Waals surface area contributed by atoms with Crippen molar-refractivity contribution in [1.29, 1.82) is 0 Å². The molecular formula is C17H23F3N2O2. The Morgan fingerprint density at radius 1 is 1.29 bits per heavy atom. The number of hydrazine groups is 1. The number of hydrogen-bond acceptors (Lipinski definition) is 3. The maximum atomic E-state index is 13.4. The number of halogens is 3. The Labute approximate surface area is 139 Å². The van der Waals surface area contributed by atoms with Gasteiger partial charge in [-0.3, -0.25) is 10.2 Å². The SMILES string of the molecule is CCOc1ccc(CC[C@H](N2CC(C)(C)C(=O)N2)C(F)(F)F)cc1. The molecule has 0 radical (unpaired) electrons. The standard InChI is InChI=1S/C17H23F3N2O2/c1-4-24-13-8-5-12(6-9-13)7-10-14(17(18,19)20)22-11-16(2,3)15(23)21-22/h5-6,8-9,14H,4,7,10-11H2,1-3H3,(H,21,23)/t14-/m0/s1. The fourth-order valence-electron chi connectivity index (χ4n) is 2.73. The largest absolute Gasteiger partial charge is 0.494 e. The van der Waals surface area contributed by atoms with Crippen molar-refractivity contribution in [3.63, 3.8) is 0 Å². The third kappa shape index (κ3) is 4.41. The van der Waals surface area contributed by atoms with Crippen LogP contribution in [0.2, 0.25) is 0 Å². The first-order valence-corrected chi connectivity index (χ1v) is 7.99. The zero-order valence-corrected chi connectivity index (χ0v) is 14.1. The molecule has 4 nitrogen and oxygen atoms in total. The molecule has 134 valence electrons. The first kappa shape index (κ1) is 18.6. The van der Waals surface area contributed by atoms with Crippen LogP contribution in [0.25, 0.3) is 0 Å². The van der Waals surface area contributed by atoms with E-state index in [1.807, 2.05) is 6.92 Å². The number of alkyl halides is 3. The molecular weight excluding hydrogens is 321 g/mol.